The van der Waals surface area contributed by atoms with Crippen LogP contribution in [0, 0.1) is 6.92 Å². The highest BCUT2D eigenvalue weighted by Crippen LogP contribution is 2.38. The number of fused-ring (bicyclic) bond motifs is 1. The minimum Gasteiger partial charge on any atom is -0.330 e. The van der Waals surface area contributed by atoms with Gasteiger partial charge in [0.05, 0.1) is 6.04 Å². The van der Waals surface area contributed by atoms with Crippen molar-refractivity contribution in [3.63, 3.8) is 0 Å². The predicted molar refractivity (Wildman–Crippen MR) is 108 cm³/mol. The Kier molecular flexibility index (Phi) is 5.04. The highest BCUT2D eigenvalue weighted by Gasteiger charge is 2.37. The summed E-state index contributed by atoms with van der Waals surface area (Å²) in [5.74, 6) is 0.150. The van der Waals surface area contributed by atoms with Gasteiger partial charge in [0.25, 0.3) is 0 Å². The van der Waals surface area contributed by atoms with Crippen LogP contribution < -0.4 is 0 Å². The normalized spacial score (nSPS) is 18.9. The van der Waals surface area contributed by atoms with Gasteiger partial charge in [0.15, 0.2) is 0 Å². The Balaban J connectivity index is 1.62. The van der Waals surface area contributed by atoms with Crippen LogP contribution in [-0.4, -0.2) is 40.7 Å². The highest BCUT2D eigenvalue weighted by atomic mass is 32.1. The van der Waals surface area contributed by atoms with Crippen molar-refractivity contribution >= 4 is 23.2 Å². The second-order valence-corrected chi connectivity index (χ2v) is 8.56. The molecule has 0 spiro atoms. The molecule has 2 amide bonds. The number of carbonyl (C=O) groups excluding carboxylic acids is 2. The number of amides is 2. The van der Waals surface area contributed by atoms with Gasteiger partial charge in [-0.05, 0) is 48.8 Å². The number of hydrogen-bond donors (Lipinski definition) is 0. The maximum Gasteiger partial charge on any atom is 0.243 e. The summed E-state index contributed by atoms with van der Waals surface area (Å²) >= 11 is 1.78. The molecule has 4 rings (SSSR count). The molecule has 5 heteroatoms. The molecule has 0 radical (unpaired) electrons. The van der Waals surface area contributed by atoms with Crippen LogP contribution in [-0.2, 0) is 16.0 Å². The molecule has 27 heavy (non-hydrogen) atoms. The number of rotatable bonds is 5. The lowest BCUT2D eigenvalue weighted by Crippen LogP contribution is -2.47. The fourth-order valence-electron chi connectivity index (χ4n) is 3.94. The zero-order chi connectivity index (χ0) is 19.0. The van der Waals surface area contributed by atoms with Gasteiger partial charge in [-0.3, -0.25) is 9.59 Å². The molecule has 0 saturated heterocycles. The van der Waals surface area contributed by atoms with Crippen molar-refractivity contribution in [1.29, 1.82) is 0 Å². The van der Waals surface area contributed by atoms with E-state index in [1.54, 1.807) is 16.2 Å². The second-order valence-electron chi connectivity index (χ2n) is 7.56. The summed E-state index contributed by atoms with van der Waals surface area (Å²) in [5.41, 5.74) is 3.60. The van der Waals surface area contributed by atoms with Crippen molar-refractivity contribution in [2.75, 3.05) is 13.1 Å². The molecule has 1 unspecified atom stereocenters. The van der Waals surface area contributed by atoms with Gasteiger partial charge in [-0.25, -0.2) is 0 Å². The number of hydrogen-bond acceptors (Lipinski definition) is 3. The van der Waals surface area contributed by atoms with E-state index in [1.807, 2.05) is 11.8 Å². The van der Waals surface area contributed by atoms with Crippen molar-refractivity contribution in [3.8, 4) is 0 Å². The molecular weight excluding hydrogens is 356 g/mol. The minimum absolute atomic E-state index is 0.0501. The average molecular weight is 383 g/mol. The van der Waals surface area contributed by atoms with Gasteiger partial charge >= 0.3 is 0 Å². The first-order chi connectivity index (χ1) is 13.1. The van der Waals surface area contributed by atoms with Crippen LogP contribution in [0.3, 0.4) is 0 Å². The maximum atomic E-state index is 13.3. The lowest BCUT2D eigenvalue weighted by Gasteiger charge is -2.37. The molecule has 4 nitrogen and oxygen atoms in total. The molecule has 2 heterocycles. The third kappa shape index (κ3) is 3.65. The van der Waals surface area contributed by atoms with E-state index in [-0.39, 0.29) is 30.4 Å². The average Bonchev–Trinajstić information content (AvgIpc) is 3.41. The van der Waals surface area contributed by atoms with Gasteiger partial charge in [-0.1, -0.05) is 36.8 Å². The predicted octanol–water partition coefficient (Wildman–Crippen LogP) is 3.93. The number of aryl methyl sites for hydroxylation is 1. The first-order valence-corrected chi connectivity index (χ1v) is 10.7. The fraction of sp³-hybridized carbons (Fsp3) is 0.455. The fourth-order valence-corrected chi connectivity index (χ4v) is 4.84. The van der Waals surface area contributed by atoms with Crippen LogP contribution in [0.25, 0.3) is 0 Å². The van der Waals surface area contributed by atoms with Crippen LogP contribution >= 0.6 is 11.3 Å². The summed E-state index contributed by atoms with van der Waals surface area (Å²) in [6.07, 6.45) is 3.40. The molecular formula is C22H26N2O2S. The molecule has 1 atom stereocenters. The quantitative estimate of drug-likeness (QED) is 0.786. The first kappa shape index (κ1) is 18.2. The van der Waals surface area contributed by atoms with Gasteiger partial charge in [0.2, 0.25) is 11.8 Å². The molecule has 0 N–H and O–H groups in total. The van der Waals surface area contributed by atoms with Gasteiger partial charge in [0.1, 0.15) is 6.54 Å². The summed E-state index contributed by atoms with van der Waals surface area (Å²) in [4.78, 5) is 30.7. The van der Waals surface area contributed by atoms with Crippen molar-refractivity contribution in [1.82, 2.24) is 9.80 Å². The highest BCUT2D eigenvalue weighted by molar-refractivity contribution is 7.10. The molecule has 1 aromatic heterocycles. The SMILES string of the molecule is CCC(=O)N(CC(=O)N1CCc2sccc2C1c1ccc(C)cc1)C1CC1. The maximum absolute atomic E-state index is 13.3. The van der Waals surface area contributed by atoms with Crippen LogP contribution in [0.1, 0.15) is 53.8 Å². The third-order valence-corrected chi connectivity index (χ3v) is 6.59. The van der Waals surface area contributed by atoms with Gasteiger partial charge in [0, 0.05) is 23.9 Å². The third-order valence-electron chi connectivity index (χ3n) is 5.60. The Labute approximate surface area is 164 Å². The summed E-state index contributed by atoms with van der Waals surface area (Å²) in [6, 6.07) is 10.8. The lowest BCUT2D eigenvalue weighted by atomic mass is 9.92. The van der Waals surface area contributed by atoms with Crippen molar-refractivity contribution < 1.29 is 9.59 Å². The largest absolute Gasteiger partial charge is 0.330 e. The molecule has 1 aliphatic heterocycles. The smallest absolute Gasteiger partial charge is 0.243 e. The van der Waals surface area contributed by atoms with Crippen LogP contribution in [0.2, 0.25) is 0 Å². The minimum atomic E-state index is -0.0501. The molecule has 0 bridgehead atoms. The Morgan fingerprint density at radius 3 is 2.59 bits per heavy atom. The molecule has 1 saturated carbocycles. The van der Waals surface area contributed by atoms with E-state index in [0.29, 0.717) is 13.0 Å². The van der Waals surface area contributed by atoms with Gasteiger partial charge in [-0.2, -0.15) is 0 Å². The molecule has 142 valence electrons. The molecule has 2 aliphatic rings. The van der Waals surface area contributed by atoms with Gasteiger partial charge in [-0.15, -0.1) is 11.3 Å². The van der Waals surface area contributed by atoms with E-state index in [2.05, 4.69) is 42.6 Å². The van der Waals surface area contributed by atoms with Crippen molar-refractivity contribution in [3.05, 3.63) is 57.3 Å². The topological polar surface area (TPSA) is 40.6 Å². The standard InChI is InChI=1S/C22H26N2O2S/c1-3-20(25)24(17-8-9-17)14-21(26)23-12-10-19-18(11-13-27-19)22(23)16-6-4-15(2)5-7-16/h4-7,11,13,17,22H,3,8-10,12,14H2,1-2H3. The Bertz CT molecular complexity index is 838. The van der Waals surface area contributed by atoms with E-state index in [9.17, 15) is 9.59 Å². The zero-order valence-corrected chi connectivity index (χ0v) is 16.8. The summed E-state index contributed by atoms with van der Waals surface area (Å²) in [7, 11) is 0. The summed E-state index contributed by atoms with van der Waals surface area (Å²) < 4.78 is 0. The van der Waals surface area contributed by atoms with Crippen LogP contribution in [0.15, 0.2) is 35.7 Å². The summed E-state index contributed by atoms with van der Waals surface area (Å²) in [6.45, 7) is 4.87. The number of nitrogens with zero attached hydrogens (tertiary/aromatic N) is 2. The van der Waals surface area contributed by atoms with Crippen LogP contribution in [0.5, 0.6) is 0 Å². The van der Waals surface area contributed by atoms with Gasteiger partial charge < -0.3 is 9.80 Å². The molecule has 1 fully saturated rings. The van der Waals surface area contributed by atoms with E-state index >= 15 is 0 Å². The molecule has 2 aromatic rings. The van der Waals surface area contributed by atoms with Crippen LogP contribution in [0.4, 0.5) is 0 Å². The molecule has 1 aromatic carbocycles. The first-order valence-electron chi connectivity index (χ1n) is 9.80. The van der Waals surface area contributed by atoms with Crippen molar-refractivity contribution in [2.45, 2.75) is 51.6 Å². The number of carbonyl (C=O) groups is 2. The number of benzene rings is 1. The van der Waals surface area contributed by atoms with E-state index in [4.69, 9.17) is 0 Å². The van der Waals surface area contributed by atoms with E-state index < -0.39 is 0 Å². The number of thiophene rings is 1. The van der Waals surface area contributed by atoms with E-state index in [1.165, 1.54) is 16.0 Å². The second kappa shape index (κ2) is 7.47. The Hall–Kier alpha value is -2.14. The van der Waals surface area contributed by atoms with Crippen molar-refractivity contribution in [2.24, 2.45) is 0 Å². The van der Waals surface area contributed by atoms with E-state index in [0.717, 1.165) is 24.8 Å². The summed E-state index contributed by atoms with van der Waals surface area (Å²) in [5, 5.41) is 2.12. The lowest BCUT2D eigenvalue weighted by molar-refractivity contribution is -0.142. The zero-order valence-electron chi connectivity index (χ0n) is 16.0. The Morgan fingerprint density at radius 2 is 1.93 bits per heavy atom. The Morgan fingerprint density at radius 1 is 1.19 bits per heavy atom. The monoisotopic (exact) mass is 382 g/mol. The molecule has 1 aliphatic carbocycles.